The second-order valence-electron chi connectivity index (χ2n) is 5.95. The van der Waals surface area contributed by atoms with Crippen molar-refractivity contribution in [2.75, 3.05) is 11.5 Å². The fourth-order valence-electron chi connectivity index (χ4n) is 2.81. The van der Waals surface area contributed by atoms with Crippen LogP contribution in [0.5, 0.6) is 0 Å². The van der Waals surface area contributed by atoms with Crippen molar-refractivity contribution in [3.05, 3.63) is 40.9 Å². The molecular formula is C17H17N5OS3. The number of thioether (sulfide) groups is 2. The maximum atomic E-state index is 11.2. The number of rotatable bonds is 6. The number of carbonyl (C=O) groups excluding carboxylic acids is 1. The number of aromatic nitrogens is 4. The third-order valence-corrected chi connectivity index (χ3v) is 7.61. The minimum absolute atomic E-state index is 0.261. The number of nitrogens with zero attached hydrogens (tertiary/aromatic N) is 4. The minimum atomic E-state index is -0.317. The second-order valence-corrected chi connectivity index (χ2v) is 9.29. The molecule has 9 heteroatoms. The summed E-state index contributed by atoms with van der Waals surface area (Å²) in [7, 11) is 0. The molecule has 6 nitrogen and oxygen atoms in total. The number of primary amides is 1. The van der Waals surface area contributed by atoms with Crippen molar-refractivity contribution >= 4 is 40.8 Å². The minimum Gasteiger partial charge on any atom is -0.369 e. The first-order valence-electron chi connectivity index (χ1n) is 8.12. The van der Waals surface area contributed by atoms with Crippen molar-refractivity contribution in [2.24, 2.45) is 5.73 Å². The molecule has 1 aromatic carbocycles. The van der Waals surface area contributed by atoms with Crippen LogP contribution in [0.1, 0.15) is 16.6 Å². The van der Waals surface area contributed by atoms with Crippen molar-refractivity contribution in [1.82, 2.24) is 19.7 Å². The molecule has 0 spiro atoms. The molecule has 0 saturated heterocycles. The van der Waals surface area contributed by atoms with Gasteiger partial charge in [-0.05, 0) is 6.92 Å². The Morgan fingerprint density at radius 3 is 2.92 bits per heavy atom. The van der Waals surface area contributed by atoms with Crippen molar-refractivity contribution in [1.29, 1.82) is 0 Å². The molecule has 3 aromatic rings. The molecule has 1 aliphatic rings. The number of aryl methyl sites for hydroxylation is 1. The van der Waals surface area contributed by atoms with E-state index in [1.807, 2.05) is 25.1 Å². The van der Waals surface area contributed by atoms with Gasteiger partial charge in [-0.25, -0.2) is 4.98 Å². The molecule has 1 atom stereocenters. The lowest BCUT2D eigenvalue weighted by molar-refractivity contribution is -0.117. The Kier molecular flexibility index (Phi) is 5.01. The normalized spacial score (nSPS) is 16.0. The third-order valence-electron chi connectivity index (χ3n) is 4.07. The topological polar surface area (TPSA) is 86.7 Å². The molecule has 0 radical (unpaired) electrons. The van der Waals surface area contributed by atoms with Crippen LogP contribution in [0, 0.1) is 6.92 Å². The SMILES string of the molecule is Cc1nc(SC[C@@H]2CSc3nnc(-c4ccccc4)n32)sc1CC(N)=O. The quantitative estimate of drug-likeness (QED) is 0.636. The van der Waals surface area contributed by atoms with Gasteiger partial charge in [0.1, 0.15) is 4.34 Å². The molecule has 0 unspecified atom stereocenters. The first-order chi connectivity index (χ1) is 12.6. The number of nitrogens with two attached hydrogens (primary N) is 1. The van der Waals surface area contributed by atoms with E-state index in [0.717, 1.165) is 43.0 Å². The summed E-state index contributed by atoms with van der Waals surface area (Å²) >= 11 is 5.02. The number of amides is 1. The summed E-state index contributed by atoms with van der Waals surface area (Å²) < 4.78 is 3.21. The number of hydrogen-bond donors (Lipinski definition) is 1. The van der Waals surface area contributed by atoms with Crippen molar-refractivity contribution < 1.29 is 4.79 Å². The predicted octanol–water partition coefficient (Wildman–Crippen LogP) is 3.18. The lowest BCUT2D eigenvalue weighted by atomic mass is 10.2. The first kappa shape index (κ1) is 17.6. The summed E-state index contributed by atoms with van der Waals surface area (Å²) in [4.78, 5) is 16.7. The largest absolute Gasteiger partial charge is 0.369 e. The zero-order valence-electron chi connectivity index (χ0n) is 14.1. The Bertz CT molecular complexity index is 937. The van der Waals surface area contributed by atoms with Crippen LogP contribution in [0.2, 0.25) is 0 Å². The molecule has 1 amide bonds. The van der Waals surface area contributed by atoms with Crippen LogP contribution in [0.4, 0.5) is 0 Å². The Balaban J connectivity index is 1.51. The summed E-state index contributed by atoms with van der Waals surface area (Å²) in [6, 6.07) is 10.5. The zero-order chi connectivity index (χ0) is 18.1. The van der Waals surface area contributed by atoms with Gasteiger partial charge in [-0.1, -0.05) is 53.9 Å². The van der Waals surface area contributed by atoms with Crippen LogP contribution in [0.25, 0.3) is 11.4 Å². The number of hydrogen-bond acceptors (Lipinski definition) is 7. The maximum Gasteiger partial charge on any atom is 0.222 e. The van der Waals surface area contributed by atoms with Gasteiger partial charge >= 0.3 is 0 Å². The van der Waals surface area contributed by atoms with Gasteiger partial charge in [0.15, 0.2) is 11.0 Å². The summed E-state index contributed by atoms with van der Waals surface area (Å²) in [5.41, 5.74) is 7.28. The lowest BCUT2D eigenvalue weighted by Gasteiger charge is -2.13. The number of thiazole rings is 1. The summed E-state index contributed by atoms with van der Waals surface area (Å²) in [5.74, 6) is 2.47. The van der Waals surface area contributed by atoms with Gasteiger partial charge in [-0.15, -0.1) is 21.5 Å². The van der Waals surface area contributed by atoms with E-state index in [1.165, 1.54) is 0 Å². The van der Waals surface area contributed by atoms with E-state index in [0.29, 0.717) is 6.04 Å². The fourth-order valence-corrected chi connectivity index (χ4v) is 6.39. The van der Waals surface area contributed by atoms with Crippen LogP contribution in [0.3, 0.4) is 0 Å². The molecule has 0 saturated carbocycles. The molecule has 2 aromatic heterocycles. The van der Waals surface area contributed by atoms with Crippen LogP contribution in [0.15, 0.2) is 39.8 Å². The Morgan fingerprint density at radius 2 is 2.15 bits per heavy atom. The highest BCUT2D eigenvalue weighted by atomic mass is 32.2. The van der Waals surface area contributed by atoms with E-state index < -0.39 is 0 Å². The molecule has 0 fully saturated rings. The molecule has 3 heterocycles. The highest BCUT2D eigenvalue weighted by molar-refractivity contribution is 8.01. The Labute approximate surface area is 163 Å². The molecule has 26 heavy (non-hydrogen) atoms. The lowest BCUT2D eigenvalue weighted by Crippen LogP contribution is -2.13. The average Bonchev–Trinajstić information content (AvgIpc) is 3.30. The molecule has 0 bridgehead atoms. The van der Waals surface area contributed by atoms with Gasteiger partial charge in [0.05, 0.1) is 18.2 Å². The highest BCUT2D eigenvalue weighted by Crippen LogP contribution is 2.39. The van der Waals surface area contributed by atoms with E-state index in [-0.39, 0.29) is 12.3 Å². The smallest absolute Gasteiger partial charge is 0.222 e. The summed E-state index contributed by atoms with van der Waals surface area (Å²) in [5, 5.41) is 9.69. The van der Waals surface area contributed by atoms with E-state index in [1.54, 1.807) is 34.9 Å². The van der Waals surface area contributed by atoms with Crippen molar-refractivity contribution in [2.45, 2.75) is 28.9 Å². The van der Waals surface area contributed by atoms with Crippen molar-refractivity contribution in [3.63, 3.8) is 0 Å². The predicted molar refractivity (Wildman–Crippen MR) is 106 cm³/mol. The van der Waals surface area contributed by atoms with Crippen LogP contribution in [-0.2, 0) is 11.2 Å². The van der Waals surface area contributed by atoms with Gasteiger partial charge in [0.25, 0.3) is 0 Å². The number of fused-ring (bicyclic) bond motifs is 1. The summed E-state index contributed by atoms with van der Waals surface area (Å²) in [6.07, 6.45) is 0.261. The Morgan fingerprint density at radius 1 is 1.35 bits per heavy atom. The maximum absolute atomic E-state index is 11.2. The first-order valence-corrected chi connectivity index (χ1v) is 10.9. The zero-order valence-corrected chi connectivity index (χ0v) is 16.5. The van der Waals surface area contributed by atoms with Crippen molar-refractivity contribution in [3.8, 4) is 11.4 Å². The molecule has 4 rings (SSSR count). The number of benzene rings is 1. The Hall–Kier alpha value is -1.84. The molecule has 2 N–H and O–H groups in total. The highest BCUT2D eigenvalue weighted by Gasteiger charge is 2.28. The molecular weight excluding hydrogens is 386 g/mol. The molecule has 0 aliphatic carbocycles. The van der Waals surface area contributed by atoms with Gasteiger partial charge < -0.3 is 5.73 Å². The van der Waals surface area contributed by atoms with Gasteiger partial charge in [-0.2, -0.15) is 0 Å². The van der Waals surface area contributed by atoms with Crippen LogP contribution in [-0.4, -0.2) is 37.2 Å². The van der Waals surface area contributed by atoms with E-state index in [4.69, 9.17) is 5.73 Å². The van der Waals surface area contributed by atoms with Gasteiger partial charge in [0, 0.05) is 21.9 Å². The standard InChI is InChI=1S/C17H17N5OS3/c1-10-13(7-14(18)23)26-17(19-10)25-9-12-8-24-16-21-20-15(22(12)16)11-5-3-2-4-6-11/h2-6,12H,7-9H2,1H3,(H2,18,23)/t12-/m0/s1. The fraction of sp³-hybridized carbons (Fsp3) is 0.294. The monoisotopic (exact) mass is 403 g/mol. The molecule has 1 aliphatic heterocycles. The van der Waals surface area contributed by atoms with E-state index >= 15 is 0 Å². The van der Waals surface area contributed by atoms with Gasteiger partial charge in [-0.3, -0.25) is 9.36 Å². The van der Waals surface area contributed by atoms with Crippen LogP contribution < -0.4 is 5.73 Å². The van der Waals surface area contributed by atoms with Gasteiger partial charge in [0.2, 0.25) is 5.91 Å². The third kappa shape index (κ3) is 3.51. The summed E-state index contributed by atoms with van der Waals surface area (Å²) in [6.45, 7) is 1.93. The molecule has 134 valence electrons. The van der Waals surface area contributed by atoms with Crippen LogP contribution >= 0.6 is 34.9 Å². The van der Waals surface area contributed by atoms with E-state index in [9.17, 15) is 4.79 Å². The second kappa shape index (κ2) is 7.42. The number of carbonyl (C=O) groups is 1. The average molecular weight is 404 g/mol. The van der Waals surface area contributed by atoms with E-state index in [2.05, 4.69) is 31.9 Å².